The molecule has 2 aromatic heterocycles. The molecular formula is C8H6N6O. The number of benzene rings is 1. The first-order chi connectivity index (χ1) is 7.43. The molecule has 0 aliphatic rings. The van der Waals surface area contributed by atoms with Gasteiger partial charge in [0, 0.05) is 0 Å². The number of para-hydroxylation sites is 1. The highest BCUT2D eigenvalue weighted by atomic mass is 16.6. The number of rotatable bonds is 2. The first-order valence-corrected chi connectivity index (χ1v) is 4.27. The molecule has 74 valence electrons. The average molecular weight is 202 g/mol. The van der Waals surface area contributed by atoms with Gasteiger partial charge in [0.1, 0.15) is 17.2 Å². The molecule has 0 amide bonds. The molecule has 0 unspecified atom stereocenters. The van der Waals surface area contributed by atoms with Crippen LogP contribution in [0, 0.1) is 0 Å². The fourth-order valence-electron chi connectivity index (χ4n) is 1.33. The molecule has 2 N–H and O–H groups in total. The highest BCUT2D eigenvalue weighted by molar-refractivity contribution is 5.88. The summed E-state index contributed by atoms with van der Waals surface area (Å²) in [4.78, 5) is 0. The number of fused-ring (bicyclic) bond motifs is 1. The Hall–Kier alpha value is -2.44. The summed E-state index contributed by atoms with van der Waals surface area (Å²) >= 11 is 0. The minimum atomic E-state index is 0.533. The van der Waals surface area contributed by atoms with Crippen LogP contribution in [0.15, 0.2) is 29.0 Å². The van der Waals surface area contributed by atoms with Crippen molar-refractivity contribution in [1.82, 2.24) is 25.7 Å². The predicted octanol–water partition coefficient (Wildman–Crippen LogP) is 1.08. The van der Waals surface area contributed by atoms with E-state index in [0.29, 0.717) is 5.82 Å². The molecule has 0 spiro atoms. The molecule has 0 saturated heterocycles. The van der Waals surface area contributed by atoms with Gasteiger partial charge < -0.3 is 5.32 Å². The lowest BCUT2D eigenvalue weighted by molar-refractivity contribution is 0.308. The lowest BCUT2D eigenvalue weighted by atomic mass is 10.2. The summed E-state index contributed by atoms with van der Waals surface area (Å²) in [5.74, 6) is 0.533. The van der Waals surface area contributed by atoms with Crippen LogP contribution in [0.1, 0.15) is 0 Å². The van der Waals surface area contributed by atoms with Gasteiger partial charge in [-0.15, -0.1) is 0 Å². The van der Waals surface area contributed by atoms with E-state index in [9.17, 15) is 0 Å². The van der Waals surface area contributed by atoms with E-state index in [2.05, 4.69) is 35.7 Å². The van der Waals surface area contributed by atoms with Crippen LogP contribution in [0.4, 0.5) is 11.5 Å². The number of aromatic amines is 1. The van der Waals surface area contributed by atoms with Crippen LogP contribution in [0.3, 0.4) is 0 Å². The molecule has 0 aliphatic carbocycles. The highest BCUT2D eigenvalue weighted by Crippen LogP contribution is 2.21. The minimum absolute atomic E-state index is 0.533. The molecule has 0 fully saturated rings. The number of anilines is 2. The smallest absolute Gasteiger partial charge is 0.195 e. The van der Waals surface area contributed by atoms with Crippen molar-refractivity contribution >= 4 is 22.5 Å². The Morgan fingerprint density at radius 1 is 1.27 bits per heavy atom. The second-order valence-electron chi connectivity index (χ2n) is 2.91. The molecule has 0 aliphatic heterocycles. The summed E-state index contributed by atoms with van der Waals surface area (Å²) < 4.78 is 4.47. The molecule has 0 atom stereocenters. The third kappa shape index (κ3) is 1.30. The van der Waals surface area contributed by atoms with Gasteiger partial charge >= 0.3 is 0 Å². The zero-order valence-corrected chi connectivity index (χ0v) is 7.51. The van der Waals surface area contributed by atoms with E-state index in [1.807, 2.05) is 18.2 Å². The van der Waals surface area contributed by atoms with Crippen LogP contribution in [-0.2, 0) is 0 Å². The Morgan fingerprint density at radius 2 is 2.27 bits per heavy atom. The lowest BCUT2D eigenvalue weighted by Crippen LogP contribution is -1.91. The van der Waals surface area contributed by atoms with Gasteiger partial charge in [0.15, 0.2) is 5.82 Å². The van der Waals surface area contributed by atoms with E-state index in [4.69, 9.17) is 0 Å². The second-order valence-corrected chi connectivity index (χ2v) is 2.91. The third-order valence-corrected chi connectivity index (χ3v) is 1.97. The largest absolute Gasteiger partial charge is 0.334 e. The van der Waals surface area contributed by atoms with E-state index in [1.54, 1.807) is 0 Å². The maximum atomic E-state index is 4.47. The quantitative estimate of drug-likeness (QED) is 0.646. The van der Waals surface area contributed by atoms with Gasteiger partial charge in [-0.1, -0.05) is 11.2 Å². The maximum Gasteiger partial charge on any atom is 0.195 e. The standard InChI is InChI=1S/C8H6N6O/c1-2-5(10-7-4-9-15-13-7)8-6(3-1)11-14-12-8/h1-4H,(H,10,13)(H,11,12,14). The molecule has 7 nitrogen and oxygen atoms in total. The zero-order chi connectivity index (χ0) is 10.1. The Bertz CT molecular complexity index is 572. The Labute approximate surface area is 83.4 Å². The molecule has 3 aromatic rings. The minimum Gasteiger partial charge on any atom is -0.334 e. The van der Waals surface area contributed by atoms with Gasteiger partial charge in [-0.3, -0.25) is 0 Å². The summed E-state index contributed by atoms with van der Waals surface area (Å²) in [6, 6.07) is 5.62. The van der Waals surface area contributed by atoms with Crippen molar-refractivity contribution in [1.29, 1.82) is 0 Å². The molecule has 0 radical (unpaired) electrons. The van der Waals surface area contributed by atoms with Gasteiger partial charge in [-0.2, -0.15) is 15.4 Å². The Balaban J connectivity index is 2.07. The number of nitrogens with one attached hydrogen (secondary N) is 2. The van der Waals surface area contributed by atoms with Crippen molar-refractivity contribution in [2.75, 3.05) is 5.32 Å². The van der Waals surface area contributed by atoms with Crippen molar-refractivity contribution in [3.63, 3.8) is 0 Å². The van der Waals surface area contributed by atoms with E-state index in [0.717, 1.165) is 16.7 Å². The maximum absolute atomic E-state index is 4.47. The van der Waals surface area contributed by atoms with Crippen LogP contribution in [-0.4, -0.2) is 25.7 Å². The summed E-state index contributed by atoms with van der Waals surface area (Å²) in [6.45, 7) is 0. The van der Waals surface area contributed by atoms with Crippen molar-refractivity contribution in [2.45, 2.75) is 0 Å². The predicted molar refractivity (Wildman–Crippen MR) is 51.5 cm³/mol. The van der Waals surface area contributed by atoms with Gasteiger partial charge in [0.25, 0.3) is 0 Å². The van der Waals surface area contributed by atoms with Gasteiger partial charge in [0.05, 0.1) is 5.69 Å². The van der Waals surface area contributed by atoms with E-state index < -0.39 is 0 Å². The summed E-state index contributed by atoms with van der Waals surface area (Å²) in [7, 11) is 0. The van der Waals surface area contributed by atoms with Crippen molar-refractivity contribution < 1.29 is 4.63 Å². The van der Waals surface area contributed by atoms with Gasteiger partial charge in [-0.05, 0) is 17.3 Å². The average Bonchev–Trinajstić information content (AvgIpc) is 2.87. The highest BCUT2D eigenvalue weighted by Gasteiger charge is 2.05. The molecule has 15 heavy (non-hydrogen) atoms. The van der Waals surface area contributed by atoms with Crippen LogP contribution in [0.25, 0.3) is 11.0 Å². The SMILES string of the molecule is c1cc(Nc2cnon2)c2n[nH]nc2c1. The number of aromatic nitrogens is 5. The Kier molecular flexibility index (Phi) is 1.61. The third-order valence-electron chi connectivity index (χ3n) is 1.97. The number of hydrogen-bond acceptors (Lipinski definition) is 6. The van der Waals surface area contributed by atoms with Crippen molar-refractivity contribution in [3.8, 4) is 0 Å². The summed E-state index contributed by atoms with van der Waals surface area (Å²) in [5, 5.41) is 20.7. The van der Waals surface area contributed by atoms with Crippen LogP contribution in [0.5, 0.6) is 0 Å². The van der Waals surface area contributed by atoms with E-state index in [1.165, 1.54) is 6.20 Å². The first-order valence-electron chi connectivity index (χ1n) is 4.27. The monoisotopic (exact) mass is 202 g/mol. The van der Waals surface area contributed by atoms with E-state index >= 15 is 0 Å². The lowest BCUT2D eigenvalue weighted by Gasteiger charge is -2.00. The fourth-order valence-corrected chi connectivity index (χ4v) is 1.33. The number of nitrogens with zero attached hydrogens (tertiary/aromatic N) is 4. The Morgan fingerprint density at radius 3 is 3.13 bits per heavy atom. The fraction of sp³-hybridized carbons (Fsp3) is 0. The molecule has 3 rings (SSSR count). The number of H-pyrrole nitrogens is 1. The summed E-state index contributed by atoms with van der Waals surface area (Å²) in [5.41, 5.74) is 2.34. The molecule has 7 heteroatoms. The molecule has 0 saturated carbocycles. The van der Waals surface area contributed by atoms with Crippen molar-refractivity contribution in [3.05, 3.63) is 24.4 Å². The normalized spacial score (nSPS) is 10.7. The van der Waals surface area contributed by atoms with Gasteiger partial charge in [-0.25, -0.2) is 4.63 Å². The van der Waals surface area contributed by atoms with Crippen LogP contribution < -0.4 is 5.32 Å². The first kappa shape index (κ1) is 7.92. The van der Waals surface area contributed by atoms with Crippen LogP contribution >= 0.6 is 0 Å². The summed E-state index contributed by atoms with van der Waals surface area (Å²) in [6.07, 6.45) is 1.49. The molecule has 1 aromatic carbocycles. The number of hydrogen-bond donors (Lipinski definition) is 2. The molecular weight excluding hydrogens is 196 g/mol. The van der Waals surface area contributed by atoms with E-state index in [-0.39, 0.29) is 0 Å². The zero-order valence-electron chi connectivity index (χ0n) is 7.51. The molecule has 2 heterocycles. The topological polar surface area (TPSA) is 92.5 Å². The second kappa shape index (κ2) is 3.05. The molecule has 0 bridgehead atoms. The van der Waals surface area contributed by atoms with Gasteiger partial charge in [0.2, 0.25) is 0 Å². The van der Waals surface area contributed by atoms with Crippen LogP contribution in [0.2, 0.25) is 0 Å². The van der Waals surface area contributed by atoms with Crippen molar-refractivity contribution in [2.24, 2.45) is 0 Å².